The maximum Gasteiger partial charge on any atom is 0.0176 e. The van der Waals surface area contributed by atoms with Crippen molar-refractivity contribution in [3.05, 3.63) is 42.8 Å². The lowest BCUT2D eigenvalue weighted by atomic mass is 10.2. The van der Waals surface area contributed by atoms with Crippen LogP contribution in [0.15, 0.2) is 12.1 Å². The number of rotatable bonds is 0. The molecule has 1 aliphatic carbocycles. The second kappa shape index (κ2) is 3.32. The Labute approximate surface area is 97.9 Å². The van der Waals surface area contributed by atoms with Crippen molar-refractivity contribution in [3.63, 3.8) is 0 Å². The third-order valence-electron chi connectivity index (χ3n) is 2.69. The number of hydrogen-bond acceptors (Lipinski definition) is 2. The molecular formula is C13H12S2. The van der Waals surface area contributed by atoms with Crippen LogP contribution in [0.5, 0.6) is 0 Å². The van der Waals surface area contributed by atoms with Gasteiger partial charge in [0.25, 0.3) is 0 Å². The minimum absolute atomic E-state index is 1.12. The normalized spacial score (nSPS) is 13.5. The standard InChI is InChI=1S/C13H12S2/c1-8-5-10-3-4-11-6-9(2)15-13(11)7-12(10)14-8/h3-6H,7H2,1-2H3. The van der Waals surface area contributed by atoms with E-state index in [-0.39, 0.29) is 0 Å². The number of aryl methyl sites for hydroxylation is 2. The Kier molecular flexibility index (Phi) is 2.08. The highest BCUT2D eigenvalue weighted by Gasteiger charge is 2.13. The first-order valence-corrected chi connectivity index (χ1v) is 6.72. The zero-order valence-electron chi connectivity index (χ0n) is 8.83. The third-order valence-corrected chi connectivity index (χ3v) is 4.83. The summed E-state index contributed by atoms with van der Waals surface area (Å²) in [5.41, 5.74) is 2.83. The van der Waals surface area contributed by atoms with Gasteiger partial charge in [0, 0.05) is 25.9 Å². The molecule has 0 radical (unpaired) electrons. The van der Waals surface area contributed by atoms with Crippen molar-refractivity contribution >= 4 is 34.8 Å². The zero-order valence-corrected chi connectivity index (χ0v) is 10.5. The van der Waals surface area contributed by atoms with Crippen molar-refractivity contribution < 1.29 is 0 Å². The van der Waals surface area contributed by atoms with Crippen LogP contribution in [0.1, 0.15) is 30.6 Å². The van der Waals surface area contributed by atoms with Crippen LogP contribution in [-0.4, -0.2) is 0 Å². The summed E-state index contributed by atoms with van der Waals surface area (Å²) in [5, 5.41) is 0. The van der Waals surface area contributed by atoms with E-state index in [4.69, 9.17) is 0 Å². The molecule has 0 amide bonds. The maximum atomic E-state index is 2.29. The smallest absolute Gasteiger partial charge is 0.0176 e. The van der Waals surface area contributed by atoms with Crippen LogP contribution < -0.4 is 0 Å². The van der Waals surface area contributed by atoms with Crippen LogP contribution in [0.2, 0.25) is 0 Å². The molecule has 76 valence electrons. The van der Waals surface area contributed by atoms with E-state index in [2.05, 4.69) is 38.1 Å². The summed E-state index contributed by atoms with van der Waals surface area (Å²) in [7, 11) is 0. The van der Waals surface area contributed by atoms with E-state index in [1.807, 2.05) is 22.7 Å². The number of hydrogen-bond donors (Lipinski definition) is 0. The molecular weight excluding hydrogens is 220 g/mol. The summed E-state index contributed by atoms with van der Waals surface area (Å²) in [4.78, 5) is 5.87. The first kappa shape index (κ1) is 9.37. The fourth-order valence-corrected chi connectivity index (χ4v) is 4.21. The molecule has 0 fully saturated rings. The highest BCUT2D eigenvalue weighted by molar-refractivity contribution is 7.13. The van der Waals surface area contributed by atoms with Gasteiger partial charge >= 0.3 is 0 Å². The van der Waals surface area contributed by atoms with E-state index >= 15 is 0 Å². The van der Waals surface area contributed by atoms with Gasteiger partial charge in [-0.2, -0.15) is 0 Å². The van der Waals surface area contributed by atoms with E-state index in [0.717, 1.165) is 6.42 Å². The van der Waals surface area contributed by atoms with Gasteiger partial charge in [-0.15, -0.1) is 22.7 Å². The van der Waals surface area contributed by atoms with Crippen LogP contribution in [0.3, 0.4) is 0 Å². The van der Waals surface area contributed by atoms with E-state index in [1.165, 1.54) is 30.6 Å². The maximum absolute atomic E-state index is 2.29. The average Bonchev–Trinajstić information content (AvgIpc) is 2.65. The minimum Gasteiger partial charge on any atom is -0.145 e. The summed E-state index contributed by atoms with van der Waals surface area (Å²) in [5.74, 6) is 0. The molecule has 2 aromatic heterocycles. The molecule has 0 N–H and O–H groups in total. The molecule has 0 saturated carbocycles. The van der Waals surface area contributed by atoms with Crippen LogP contribution >= 0.6 is 22.7 Å². The Morgan fingerprint density at radius 1 is 0.867 bits per heavy atom. The fraction of sp³-hybridized carbons (Fsp3) is 0.231. The van der Waals surface area contributed by atoms with Gasteiger partial charge in [0.1, 0.15) is 0 Å². The SMILES string of the molecule is Cc1cc2c(s1)Cc1sc(C)cc1C=C2. The molecule has 0 aromatic carbocycles. The largest absolute Gasteiger partial charge is 0.145 e. The molecule has 0 atom stereocenters. The van der Waals surface area contributed by atoms with Crippen LogP contribution in [0.25, 0.3) is 12.2 Å². The van der Waals surface area contributed by atoms with Crippen LogP contribution in [0, 0.1) is 13.8 Å². The van der Waals surface area contributed by atoms with Crippen molar-refractivity contribution in [2.24, 2.45) is 0 Å². The number of thiophene rings is 2. The fourth-order valence-electron chi connectivity index (χ4n) is 2.05. The Bertz CT molecular complexity index is 493. The highest BCUT2D eigenvalue weighted by Crippen LogP contribution is 2.34. The van der Waals surface area contributed by atoms with Gasteiger partial charge in [-0.3, -0.25) is 0 Å². The molecule has 0 nitrogen and oxygen atoms in total. The molecule has 2 heteroatoms. The molecule has 1 aliphatic rings. The van der Waals surface area contributed by atoms with Gasteiger partial charge in [0.05, 0.1) is 0 Å². The van der Waals surface area contributed by atoms with Gasteiger partial charge in [0.15, 0.2) is 0 Å². The van der Waals surface area contributed by atoms with E-state index in [9.17, 15) is 0 Å². The first-order chi connectivity index (χ1) is 7.22. The highest BCUT2D eigenvalue weighted by atomic mass is 32.1. The molecule has 0 spiro atoms. The lowest BCUT2D eigenvalue weighted by molar-refractivity contribution is 1.30. The Balaban J connectivity index is 2.15. The summed E-state index contributed by atoms with van der Waals surface area (Å²) in [6.07, 6.45) is 5.64. The van der Waals surface area contributed by atoms with Crippen molar-refractivity contribution in [2.75, 3.05) is 0 Å². The van der Waals surface area contributed by atoms with E-state index < -0.39 is 0 Å². The van der Waals surface area contributed by atoms with Crippen molar-refractivity contribution in [1.82, 2.24) is 0 Å². The molecule has 0 saturated heterocycles. The van der Waals surface area contributed by atoms with Gasteiger partial charge in [-0.05, 0) is 37.1 Å². The second-order valence-electron chi connectivity index (χ2n) is 3.98. The monoisotopic (exact) mass is 232 g/mol. The summed E-state index contributed by atoms with van der Waals surface area (Å²) < 4.78 is 0. The quantitative estimate of drug-likeness (QED) is 0.535. The molecule has 0 unspecified atom stereocenters. The second-order valence-corrected chi connectivity index (χ2v) is 6.66. The van der Waals surface area contributed by atoms with Gasteiger partial charge in [-0.25, -0.2) is 0 Å². The predicted molar refractivity (Wildman–Crippen MR) is 69.8 cm³/mol. The lowest BCUT2D eigenvalue weighted by Gasteiger charge is -1.95. The Morgan fingerprint density at radius 2 is 1.33 bits per heavy atom. The molecule has 0 aliphatic heterocycles. The minimum atomic E-state index is 1.12. The Hall–Kier alpha value is -0.860. The van der Waals surface area contributed by atoms with Crippen LogP contribution in [0.4, 0.5) is 0 Å². The molecule has 0 bridgehead atoms. The molecule has 2 heterocycles. The predicted octanol–water partition coefficient (Wildman–Crippen LogP) is 4.50. The van der Waals surface area contributed by atoms with Gasteiger partial charge in [0.2, 0.25) is 0 Å². The van der Waals surface area contributed by atoms with Gasteiger partial charge < -0.3 is 0 Å². The van der Waals surface area contributed by atoms with E-state index in [0.29, 0.717) is 0 Å². The van der Waals surface area contributed by atoms with E-state index in [1.54, 1.807) is 0 Å². The first-order valence-electron chi connectivity index (χ1n) is 5.09. The van der Waals surface area contributed by atoms with Crippen molar-refractivity contribution in [1.29, 1.82) is 0 Å². The molecule has 3 rings (SSSR count). The van der Waals surface area contributed by atoms with Crippen LogP contribution in [-0.2, 0) is 6.42 Å². The Morgan fingerprint density at radius 3 is 1.80 bits per heavy atom. The zero-order chi connectivity index (χ0) is 10.4. The lowest BCUT2D eigenvalue weighted by Crippen LogP contribution is -1.81. The summed E-state index contributed by atoms with van der Waals surface area (Å²) in [6, 6.07) is 4.58. The summed E-state index contributed by atoms with van der Waals surface area (Å²) >= 11 is 3.86. The van der Waals surface area contributed by atoms with Crippen molar-refractivity contribution in [3.8, 4) is 0 Å². The number of fused-ring (bicyclic) bond motifs is 2. The topological polar surface area (TPSA) is 0 Å². The third kappa shape index (κ3) is 1.58. The molecule has 2 aromatic rings. The molecule has 15 heavy (non-hydrogen) atoms. The van der Waals surface area contributed by atoms with Gasteiger partial charge in [-0.1, -0.05) is 12.2 Å². The van der Waals surface area contributed by atoms with Crippen molar-refractivity contribution in [2.45, 2.75) is 20.3 Å². The summed E-state index contributed by atoms with van der Waals surface area (Å²) in [6.45, 7) is 4.38. The average molecular weight is 232 g/mol.